The monoisotopic (exact) mass is 306 g/mol. The quantitative estimate of drug-likeness (QED) is 0.909. The molecule has 0 saturated carbocycles. The van der Waals surface area contributed by atoms with E-state index in [1.807, 2.05) is 6.07 Å². The van der Waals surface area contributed by atoms with Gasteiger partial charge in [0.15, 0.2) is 0 Å². The third-order valence-electron chi connectivity index (χ3n) is 2.51. The maximum atomic E-state index is 12.0. The summed E-state index contributed by atoms with van der Waals surface area (Å²) in [7, 11) is -3.86. The zero-order chi connectivity index (χ0) is 15.4. The standard InChI is InChI=1S/C12H13F3N2O2S/c1-9-3-4-10(8-16)7-11(9)17-20(18,19)6-2-5-12(13,14)15/h3-4,7,17H,2,5-6H2,1H3. The first-order chi connectivity index (χ1) is 9.13. The molecule has 4 nitrogen and oxygen atoms in total. The van der Waals surface area contributed by atoms with Crippen molar-refractivity contribution in [2.24, 2.45) is 0 Å². The minimum absolute atomic E-state index is 0.205. The van der Waals surface area contributed by atoms with E-state index < -0.39 is 34.8 Å². The number of nitrogens with one attached hydrogen (secondary N) is 1. The fourth-order valence-electron chi connectivity index (χ4n) is 1.48. The van der Waals surface area contributed by atoms with E-state index in [4.69, 9.17) is 5.26 Å². The van der Waals surface area contributed by atoms with E-state index in [2.05, 4.69) is 4.72 Å². The molecule has 1 rings (SSSR count). The number of rotatable bonds is 5. The minimum atomic E-state index is -4.37. The molecule has 0 aliphatic carbocycles. The van der Waals surface area contributed by atoms with Gasteiger partial charge in [0.1, 0.15) is 0 Å². The van der Waals surface area contributed by atoms with Crippen molar-refractivity contribution in [3.8, 4) is 6.07 Å². The number of alkyl halides is 3. The Morgan fingerprint density at radius 1 is 1.35 bits per heavy atom. The summed E-state index contributed by atoms with van der Waals surface area (Å²) < 4.78 is 61.5. The molecule has 0 aliphatic heterocycles. The number of benzene rings is 1. The van der Waals surface area contributed by atoms with Crippen molar-refractivity contribution in [1.29, 1.82) is 5.26 Å². The summed E-state index contributed by atoms with van der Waals surface area (Å²) in [5.41, 5.74) is 1.06. The second-order valence-corrected chi connectivity index (χ2v) is 6.12. The van der Waals surface area contributed by atoms with Gasteiger partial charge in [-0.1, -0.05) is 6.07 Å². The van der Waals surface area contributed by atoms with Crippen LogP contribution in [0.1, 0.15) is 24.0 Å². The molecule has 0 radical (unpaired) electrons. The maximum Gasteiger partial charge on any atom is 0.389 e. The van der Waals surface area contributed by atoms with Crippen LogP contribution in [0.5, 0.6) is 0 Å². The van der Waals surface area contributed by atoms with Gasteiger partial charge in [-0.15, -0.1) is 0 Å². The van der Waals surface area contributed by atoms with Gasteiger partial charge in [-0.25, -0.2) is 8.42 Å². The Balaban J connectivity index is 2.74. The summed E-state index contributed by atoms with van der Waals surface area (Å²) in [6.07, 6.45) is -6.02. The smallest absolute Gasteiger partial charge is 0.283 e. The van der Waals surface area contributed by atoms with E-state index >= 15 is 0 Å². The Hall–Kier alpha value is -1.75. The number of anilines is 1. The average molecular weight is 306 g/mol. The highest BCUT2D eigenvalue weighted by Crippen LogP contribution is 2.22. The largest absolute Gasteiger partial charge is 0.389 e. The summed E-state index contributed by atoms with van der Waals surface area (Å²) in [6, 6.07) is 6.29. The number of aryl methyl sites for hydroxylation is 1. The third kappa shape index (κ3) is 5.48. The van der Waals surface area contributed by atoms with E-state index in [0.29, 0.717) is 5.56 Å². The van der Waals surface area contributed by atoms with Crippen molar-refractivity contribution in [3.05, 3.63) is 29.3 Å². The third-order valence-corrected chi connectivity index (χ3v) is 3.86. The zero-order valence-electron chi connectivity index (χ0n) is 10.7. The lowest BCUT2D eigenvalue weighted by Crippen LogP contribution is -2.19. The van der Waals surface area contributed by atoms with Crippen LogP contribution in [-0.4, -0.2) is 20.3 Å². The SMILES string of the molecule is Cc1ccc(C#N)cc1NS(=O)(=O)CCCC(F)(F)F. The minimum Gasteiger partial charge on any atom is -0.283 e. The Labute approximate surface area is 115 Å². The highest BCUT2D eigenvalue weighted by atomic mass is 32.2. The summed E-state index contributed by atoms with van der Waals surface area (Å²) in [5, 5.41) is 8.73. The van der Waals surface area contributed by atoms with Gasteiger partial charge in [0.25, 0.3) is 0 Å². The first kappa shape index (κ1) is 16.3. The topological polar surface area (TPSA) is 70.0 Å². The van der Waals surface area contributed by atoms with Crippen molar-refractivity contribution < 1.29 is 21.6 Å². The molecule has 110 valence electrons. The van der Waals surface area contributed by atoms with Crippen LogP contribution in [0.3, 0.4) is 0 Å². The van der Waals surface area contributed by atoms with Crippen LogP contribution in [0, 0.1) is 18.3 Å². The van der Waals surface area contributed by atoms with E-state index in [1.165, 1.54) is 12.1 Å². The molecule has 8 heteroatoms. The van der Waals surface area contributed by atoms with Crippen molar-refractivity contribution in [2.45, 2.75) is 25.9 Å². The molecule has 0 saturated heterocycles. The fourth-order valence-corrected chi connectivity index (χ4v) is 2.66. The average Bonchev–Trinajstić information content (AvgIpc) is 2.29. The number of nitriles is 1. The van der Waals surface area contributed by atoms with Crippen LogP contribution in [-0.2, 0) is 10.0 Å². The van der Waals surface area contributed by atoms with E-state index in [1.54, 1.807) is 13.0 Å². The first-order valence-electron chi connectivity index (χ1n) is 5.71. The highest BCUT2D eigenvalue weighted by Gasteiger charge is 2.27. The van der Waals surface area contributed by atoms with E-state index in [0.717, 1.165) is 0 Å². The number of hydrogen-bond acceptors (Lipinski definition) is 3. The molecule has 0 unspecified atom stereocenters. The predicted molar refractivity (Wildman–Crippen MR) is 68.6 cm³/mol. The second-order valence-electron chi connectivity index (χ2n) is 4.28. The molecular formula is C12H13F3N2O2S. The first-order valence-corrected chi connectivity index (χ1v) is 7.36. The molecule has 0 atom stereocenters. The molecule has 0 spiro atoms. The normalized spacial score (nSPS) is 11.9. The van der Waals surface area contributed by atoms with E-state index in [9.17, 15) is 21.6 Å². The van der Waals surface area contributed by atoms with Gasteiger partial charge in [0.2, 0.25) is 10.0 Å². The lowest BCUT2D eigenvalue weighted by molar-refractivity contribution is -0.134. The van der Waals surface area contributed by atoms with Crippen LogP contribution < -0.4 is 4.72 Å². The summed E-state index contributed by atoms with van der Waals surface area (Å²) in [4.78, 5) is 0. The summed E-state index contributed by atoms with van der Waals surface area (Å²) in [6.45, 7) is 1.63. The lowest BCUT2D eigenvalue weighted by atomic mass is 10.1. The van der Waals surface area contributed by atoms with Crippen LogP contribution in [0.4, 0.5) is 18.9 Å². The summed E-state index contributed by atoms with van der Waals surface area (Å²) >= 11 is 0. The number of halogens is 3. The molecule has 0 heterocycles. The number of sulfonamides is 1. The molecule has 0 aromatic heterocycles. The molecule has 1 N–H and O–H groups in total. The molecular weight excluding hydrogens is 293 g/mol. The summed E-state index contributed by atoms with van der Waals surface area (Å²) in [5.74, 6) is -0.622. The van der Waals surface area contributed by atoms with Crippen LogP contribution >= 0.6 is 0 Å². The van der Waals surface area contributed by atoms with Gasteiger partial charge in [0.05, 0.1) is 23.1 Å². The van der Waals surface area contributed by atoms with Gasteiger partial charge in [-0.3, -0.25) is 4.72 Å². The van der Waals surface area contributed by atoms with Crippen molar-refractivity contribution in [3.63, 3.8) is 0 Å². The van der Waals surface area contributed by atoms with Gasteiger partial charge in [-0.05, 0) is 31.0 Å². The molecule has 1 aromatic carbocycles. The highest BCUT2D eigenvalue weighted by molar-refractivity contribution is 7.92. The molecule has 0 amide bonds. The van der Waals surface area contributed by atoms with Gasteiger partial charge < -0.3 is 0 Å². The maximum absolute atomic E-state index is 12.0. The van der Waals surface area contributed by atoms with Crippen molar-refractivity contribution >= 4 is 15.7 Å². The molecule has 0 aliphatic rings. The Morgan fingerprint density at radius 2 is 2.00 bits per heavy atom. The second kappa shape index (κ2) is 6.13. The molecule has 0 bridgehead atoms. The van der Waals surface area contributed by atoms with Crippen molar-refractivity contribution in [1.82, 2.24) is 0 Å². The van der Waals surface area contributed by atoms with E-state index in [-0.39, 0.29) is 11.3 Å². The van der Waals surface area contributed by atoms with Gasteiger partial charge in [-0.2, -0.15) is 18.4 Å². The lowest BCUT2D eigenvalue weighted by Gasteiger charge is -2.11. The number of nitrogens with zero attached hydrogens (tertiary/aromatic N) is 1. The van der Waals surface area contributed by atoms with Crippen LogP contribution in [0.15, 0.2) is 18.2 Å². The Kier molecular flexibility index (Phi) is 5.00. The molecule has 20 heavy (non-hydrogen) atoms. The number of hydrogen-bond donors (Lipinski definition) is 1. The van der Waals surface area contributed by atoms with Crippen LogP contribution in [0.2, 0.25) is 0 Å². The van der Waals surface area contributed by atoms with Crippen molar-refractivity contribution in [2.75, 3.05) is 10.5 Å². The Morgan fingerprint density at radius 3 is 2.55 bits per heavy atom. The Bertz CT molecular complexity index is 619. The molecule has 0 fully saturated rings. The fraction of sp³-hybridized carbons (Fsp3) is 0.417. The van der Waals surface area contributed by atoms with Gasteiger partial charge >= 0.3 is 6.18 Å². The van der Waals surface area contributed by atoms with Crippen LogP contribution in [0.25, 0.3) is 0 Å². The molecule has 1 aromatic rings. The zero-order valence-corrected chi connectivity index (χ0v) is 11.5. The predicted octanol–water partition coefficient (Wildman–Crippen LogP) is 2.95. The van der Waals surface area contributed by atoms with Gasteiger partial charge in [0, 0.05) is 6.42 Å².